The van der Waals surface area contributed by atoms with E-state index in [2.05, 4.69) is 10.5 Å². The zero-order valence-electron chi connectivity index (χ0n) is 13.4. The van der Waals surface area contributed by atoms with Gasteiger partial charge < -0.3 is 0 Å². The molecule has 6 nitrogen and oxygen atoms in total. The Labute approximate surface area is 154 Å². The van der Waals surface area contributed by atoms with Crippen LogP contribution in [-0.4, -0.2) is 22.3 Å². The topological polar surface area (TPSA) is 84.6 Å². The molecule has 0 aliphatic heterocycles. The summed E-state index contributed by atoms with van der Waals surface area (Å²) in [6.07, 6.45) is 0. The third kappa shape index (κ3) is 6.21. The number of non-ortho nitro benzene ring substituents is 1. The van der Waals surface area contributed by atoms with E-state index in [1.54, 1.807) is 19.1 Å². The minimum Gasteiger partial charge on any atom is -0.272 e. The molecule has 0 saturated heterocycles. The van der Waals surface area contributed by atoms with Crippen LogP contribution in [0.3, 0.4) is 0 Å². The molecule has 2 aromatic rings. The van der Waals surface area contributed by atoms with Crippen LogP contribution in [-0.2, 0) is 10.5 Å². The van der Waals surface area contributed by atoms with Gasteiger partial charge in [0.1, 0.15) is 0 Å². The third-order valence-electron chi connectivity index (χ3n) is 3.26. The van der Waals surface area contributed by atoms with E-state index < -0.39 is 4.92 Å². The Morgan fingerprint density at radius 3 is 2.44 bits per heavy atom. The molecule has 130 valence electrons. The molecule has 1 amide bonds. The summed E-state index contributed by atoms with van der Waals surface area (Å²) < 4.78 is 0. The lowest BCUT2D eigenvalue weighted by atomic mass is 10.1. The number of nitro benzene ring substituents is 1. The fraction of sp³-hybridized carbons (Fsp3) is 0.176. The van der Waals surface area contributed by atoms with Crippen molar-refractivity contribution in [1.29, 1.82) is 0 Å². The van der Waals surface area contributed by atoms with Crippen molar-refractivity contribution in [3.05, 3.63) is 74.8 Å². The van der Waals surface area contributed by atoms with Gasteiger partial charge in [0.05, 0.1) is 16.4 Å². The maximum absolute atomic E-state index is 11.8. The number of hydrazone groups is 1. The molecule has 0 radical (unpaired) electrons. The number of nitrogens with one attached hydrogen (secondary N) is 1. The highest BCUT2D eigenvalue weighted by Crippen LogP contribution is 2.15. The zero-order chi connectivity index (χ0) is 18.2. The number of hydrogen-bond acceptors (Lipinski definition) is 5. The summed E-state index contributed by atoms with van der Waals surface area (Å²) in [6, 6.07) is 13.5. The summed E-state index contributed by atoms with van der Waals surface area (Å²) in [7, 11) is 0. The number of carbonyl (C=O) groups is 1. The van der Waals surface area contributed by atoms with Crippen LogP contribution >= 0.6 is 23.4 Å². The van der Waals surface area contributed by atoms with E-state index in [4.69, 9.17) is 11.6 Å². The second kappa shape index (κ2) is 9.19. The first-order chi connectivity index (χ1) is 12.0. The summed E-state index contributed by atoms with van der Waals surface area (Å²) in [4.78, 5) is 22.0. The van der Waals surface area contributed by atoms with Crippen molar-refractivity contribution in [2.75, 3.05) is 5.75 Å². The predicted molar refractivity (Wildman–Crippen MR) is 101 cm³/mol. The average molecular weight is 378 g/mol. The number of hydrogen-bond donors (Lipinski definition) is 1. The van der Waals surface area contributed by atoms with Crippen LogP contribution in [0.4, 0.5) is 5.69 Å². The Morgan fingerprint density at radius 2 is 1.84 bits per heavy atom. The lowest BCUT2D eigenvalue weighted by Gasteiger charge is -2.04. The lowest BCUT2D eigenvalue weighted by molar-refractivity contribution is -0.384. The molecule has 0 saturated carbocycles. The van der Waals surface area contributed by atoms with Crippen LogP contribution in [0.2, 0.25) is 5.02 Å². The van der Waals surface area contributed by atoms with Gasteiger partial charge in [0, 0.05) is 22.9 Å². The van der Waals surface area contributed by atoms with Crippen molar-refractivity contribution in [1.82, 2.24) is 5.43 Å². The molecule has 2 rings (SSSR count). The first-order valence-corrected chi connectivity index (χ1v) is 8.89. The van der Waals surface area contributed by atoms with Crippen molar-refractivity contribution in [3.63, 3.8) is 0 Å². The molecule has 0 aromatic heterocycles. The van der Waals surface area contributed by atoms with Gasteiger partial charge in [0.25, 0.3) is 5.69 Å². The van der Waals surface area contributed by atoms with Gasteiger partial charge in [-0.1, -0.05) is 23.7 Å². The van der Waals surface area contributed by atoms with Crippen molar-refractivity contribution in [2.45, 2.75) is 12.7 Å². The highest BCUT2D eigenvalue weighted by atomic mass is 35.5. The fourth-order valence-corrected chi connectivity index (χ4v) is 2.82. The minimum absolute atomic E-state index is 0.0131. The largest absolute Gasteiger partial charge is 0.272 e. The minimum atomic E-state index is -0.462. The monoisotopic (exact) mass is 377 g/mol. The number of rotatable bonds is 7. The number of carbonyl (C=O) groups excluding carboxylic acids is 1. The molecule has 0 fully saturated rings. The molecule has 0 heterocycles. The molecule has 2 aromatic carbocycles. The third-order valence-corrected chi connectivity index (χ3v) is 4.52. The van der Waals surface area contributed by atoms with Gasteiger partial charge in [0.2, 0.25) is 5.91 Å². The first kappa shape index (κ1) is 19.0. The highest BCUT2D eigenvalue weighted by Gasteiger charge is 2.06. The second-order valence-corrected chi connectivity index (χ2v) is 6.58. The van der Waals surface area contributed by atoms with Crippen LogP contribution in [0.15, 0.2) is 53.6 Å². The van der Waals surface area contributed by atoms with E-state index >= 15 is 0 Å². The quantitative estimate of drug-likeness (QED) is 0.448. The summed E-state index contributed by atoms with van der Waals surface area (Å²) in [6.45, 7) is 1.72. The number of halogens is 1. The van der Waals surface area contributed by atoms with E-state index in [0.717, 1.165) is 5.56 Å². The Hall–Kier alpha value is -2.38. The van der Waals surface area contributed by atoms with Crippen molar-refractivity contribution >= 4 is 40.7 Å². The zero-order valence-corrected chi connectivity index (χ0v) is 15.0. The molecule has 0 aliphatic carbocycles. The van der Waals surface area contributed by atoms with Gasteiger partial charge in [-0.15, -0.1) is 11.8 Å². The maximum atomic E-state index is 11.8. The molecular formula is C17H16ClN3O3S. The normalized spacial score (nSPS) is 11.2. The molecular weight excluding hydrogens is 362 g/mol. The van der Waals surface area contributed by atoms with Crippen LogP contribution in [0, 0.1) is 10.1 Å². The van der Waals surface area contributed by atoms with Crippen molar-refractivity contribution in [2.24, 2.45) is 5.10 Å². The van der Waals surface area contributed by atoms with E-state index in [1.807, 2.05) is 24.3 Å². The molecule has 0 unspecified atom stereocenters. The smallest absolute Gasteiger partial charge is 0.269 e. The number of thioether (sulfide) groups is 1. The predicted octanol–water partition coefficient (Wildman–Crippen LogP) is 4.02. The average Bonchev–Trinajstić information content (AvgIpc) is 2.61. The number of nitro groups is 1. The van der Waals surface area contributed by atoms with Crippen LogP contribution in [0.25, 0.3) is 0 Å². The van der Waals surface area contributed by atoms with Crippen molar-refractivity contribution in [3.8, 4) is 0 Å². The van der Waals surface area contributed by atoms with E-state index in [1.165, 1.54) is 23.9 Å². The van der Waals surface area contributed by atoms with E-state index in [9.17, 15) is 14.9 Å². The van der Waals surface area contributed by atoms with Gasteiger partial charge in [0.15, 0.2) is 0 Å². The summed E-state index contributed by atoms with van der Waals surface area (Å²) in [5.74, 6) is 0.773. The van der Waals surface area contributed by atoms with Crippen LogP contribution in [0.5, 0.6) is 0 Å². The van der Waals surface area contributed by atoms with Gasteiger partial charge in [-0.2, -0.15) is 5.10 Å². The summed E-state index contributed by atoms with van der Waals surface area (Å²) >= 11 is 7.30. The van der Waals surface area contributed by atoms with Crippen LogP contribution in [0.1, 0.15) is 18.1 Å². The lowest BCUT2D eigenvalue weighted by Crippen LogP contribution is -2.21. The molecule has 8 heteroatoms. The Kier molecular flexibility index (Phi) is 6.97. The standard InChI is InChI=1S/C17H16ClN3O3S/c1-12(14-4-8-16(9-5-14)21(23)24)19-20-17(22)11-25-10-13-2-6-15(18)7-3-13/h2-9H,10-11H2,1H3,(H,20,22). The van der Waals surface area contributed by atoms with Gasteiger partial charge in [-0.25, -0.2) is 5.43 Å². The molecule has 0 aliphatic rings. The van der Waals surface area contributed by atoms with Crippen LogP contribution < -0.4 is 5.43 Å². The van der Waals surface area contributed by atoms with Crippen molar-refractivity contribution < 1.29 is 9.72 Å². The SMILES string of the molecule is CC(=NNC(=O)CSCc1ccc(Cl)cc1)c1ccc([N+](=O)[O-])cc1. The first-order valence-electron chi connectivity index (χ1n) is 7.36. The number of benzene rings is 2. The molecule has 0 spiro atoms. The Balaban J connectivity index is 1.80. The molecule has 25 heavy (non-hydrogen) atoms. The number of nitrogens with zero attached hydrogens (tertiary/aromatic N) is 2. The Bertz CT molecular complexity index is 777. The highest BCUT2D eigenvalue weighted by molar-refractivity contribution is 7.99. The van der Waals surface area contributed by atoms with E-state index in [-0.39, 0.29) is 17.3 Å². The maximum Gasteiger partial charge on any atom is 0.269 e. The van der Waals surface area contributed by atoms with Gasteiger partial charge >= 0.3 is 0 Å². The summed E-state index contributed by atoms with van der Waals surface area (Å²) in [5, 5.41) is 15.3. The van der Waals surface area contributed by atoms with Gasteiger partial charge in [-0.3, -0.25) is 14.9 Å². The fourth-order valence-electron chi connectivity index (χ4n) is 1.91. The summed E-state index contributed by atoms with van der Waals surface area (Å²) in [5.41, 5.74) is 4.87. The van der Waals surface area contributed by atoms with E-state index in [0.29, 0.717) is 22.1 Å². The molecule has 0 atom stereocenters. The molecule has 0 bridgehead atoms. The second-order valence-electron chi connectivity index (χ2n) is 5.16. The molecule has 1 N–H and O–H groups in total. The van der Waals surface area contributed by atoms with Gasteiger partial charge in [-0.05, 0) is 42.3 Å². The number of amides is 1. The Morgan fingerprint density at radius 1 is 1.20 bits per heavy atom.